The van der Waals surface area contributed by atoms with Crippen molar-refractivity contribution >= 4 is 35.8 Å². The van der Waals surface area contributed by atoms with Crippen molar-refractivity contribution in [3.05, 3.63) is 23.9 Å². The predicted molar refractivity (Wildman–Crippen MR) is 140 cm³/mol. The van der Waals surface area contributed by atoms with Crippen LogP contribution in [-0.4, -0.2) is 62.5 Å². The first-order valence-electron chi connectivity index (χ1n) is 12.0. The number of halogens is 1. The summed E-state index contributed by atoms with van der Waals surface area (Å²) in [5, 5.41) is 7.24. The Bertz CT molecular complexity index is 756. The SMILES string of the molecule is CCOC1CC(NC(=NC)NCc2ccnc(N3CCOC(C)C3)c2)C12CCCCC2.I. The van der Waals surface area contributed by atoms with Gasteiger partial charge in [-0.05, 0) is 50.8 Å². The average molecular weight is 558 g/mol. The summed E-state index contributed by atoms with van der Waals surface area (Å²) in [6.45, 7) is 8.29. The summed E-state index contributed by atoms with van der Waals surface area (Å²) in [6, 6.07) is 4.69. The molecule has 7 nitrogen and oxygen atoms in total. The van der Waals surface area contributed by atoms with E-state index >= 15 is 0 Å². The Kier molecular flexibility index (Phi) is 9.43. The molecule has 2 N–H and O–H groups in total. The van der Waals surface area contributed by atoms with Crippen LogP contribution in [0.5, 0.6) is 0 Å². The van der Waals surface area contributed by atoms with Crippen LogP contribution in [0, 0.1) is 5.41 Å². The number of hydrogen-bond donors (Lipinski definition) is 2. The molecular formula is C24H40IN5O2. The van der Waals surface area contributed by atoms with Gasteiger partial charge in [-0.1, -0.05) is 19.3 Å². The van der Waals surface area contributed by atoms with E-state index in [1.165, 1.54) is 37.7 Å². The molecule has 3 fully saturated rings. The van der Waals surface area contributed by atoms with Crippen LogP contribution in [-0.2, 0) is 16.0 Å². The van der Waals surface area contributed by atoms with E-state index < -0.39 is 0 Å². The molecule has 4 rings (SSSR count). The second-order valence-electron chi connectivity index (χ2n) is 9.25. The number of rotatable bonds is 6. The number of anilines is 1. The van der Waals surface area contributed by atoms with Crippen molar-refractivity contribution in [2.45, 2.75) is 77.2 Å². The van der Waals surface area contributed by atoms with Crippen LogP contribution in [0.15, 0.2) is 23.3 Å². The second-order valence-corrected chi connectivity index (χ2v) is 9.25. The molecular weight excluding hydrogens is 517 g/mol. The second kappa shape index (κ2) is 11.8. The van der Waals surface area contributed by atoms with Gasteiger partial charge in [-0.3, -0.25) is 4.99 Å². The van der Waals surface area contributed by atoms with Crippen molar-refractivity contribution in [1.82, 2.24) is 15.6 Å². The van der Waals surface area contributed by atoms with E-state index in [-0.39, 0.29) is 35.5 Å². The van der Waals surface area contributed by atoms with Gasteiger partial charge in [-0.2, -0.15) is 0 Å². The van der Waals surface area contributed by atoms with Crippen LogP contribution in [0.4, 0.5) is 5.82 Å². The fourth-order valence-electron chi connectivity index (χ4n) is 5.58. The molecule has 1 aromatic rings. The van der Waals surface area contributed by atoms with Gasteiger partial charge in [0.05, 0.1) is 18.8 Å². The van der Waals surface area contributed by atoms with E-state index in [0.717, 1.165) is 51.0 Å². The van der Waals surface area contributed by atoms with E-state index in [2.05, 4.69) is 51.5 Å². The molecule has 0 amide bonds. The lowest BCUT2D eigenvalue weighted by Gasteiger charge is -2.57. The Morgan fingerprint density at radius 2 is 2.16 bits per heavy atom. The number of aromatic nitrogens is 1. The van der Waals surface area contributed by atoms with E-state index in [0.29, 0.717) is 12.1 Å². The zero-order chi connectivity index (χ0) is 21.7. The highest BCUT2D eigenvalue weighted by Crippen LogP contribution is 2.53. The quantitative estimate of drug-likeness (QED) is 0.316. The van der Waals surface area contributed by atoms with Crippen LogP contribution >= 0.6 is 24.0 Å². The predicted octanol–water partition coefficient (Wildman–Crippen LogP) is 3.72. The first kappa shape index (κ1) is 25.5. The third kappa shape index (κ3) is 5.67. The molecule has 0 radical (unpaired) electrons. The maximum Gasteiger partial charge on any atom is 0.191 e. The zero-order valence-corrected chi connectivity index (χ0v) is 22.1. The Labute approximate surface area is 210 Å². The van der Waals surface area contributed by atoms with E-state index in [9.17, 15) is 0 Å². The van der Waals surface area contributed by atoms with Gasteiger partial charge in [0.2, 0.25) is 0 Å². The summed E-state index contributed by atoms with van der Waals surface area (Å²) < 4.78 is 11.8. The Morgan fingerprint density at radius 1 is 1.34 bits per heavy atom. The molecule has 3 aliphatic rings. The van der Waals surface area contributed by atoms with Crippen LogP contribution in [0.1, 0.15) is 57.9 Å². The topological polar surface area (TPSA) is 71.0 Å². The van der Waals surface area contributed by atoms with Crippen molar-refractivity contribution in [3.8, 4) is 0 Å². The van der Waals surface area contributed by atoms with Crippen molar-refractivity contribution in [1.29, 1.82) is 0 Å². The lowest BCUT2D eigenvalue weighted by molar-refractivity contribution is -0.145. The highest BCUT2D eigenvalue weighted by atomic mass is 127. The fraction of sp³-hybridized carbons (Fsp3) is 0.750. The summed E-state index contributed by atoms with van der Waals surface area (Å²) >= 11 is 0. The molecule has 1 spiro atoms. The first-order valence-corrected chi connectivity index (χ1v) is 12.0. The number of nitrogens with one attached hydrogen (secondary N) is 2. The monoisotopic (exact) mass is 557 g/mol. The summed E-state index contributed by atoms with van der Waals surface area (Å²) in [5.74, 6) is 1.90. The molecule has 2 aliphatic carbocycles. The highest BCUT2D eigenvalue weighted by molar-refractivity contribution is 14.0. The maximum absolute atomic E-state index is 6.10. The van der Waals surface area contributed by atoms with Crippen LogP contribution in [0.25, 0.3) is 0 Å². The number of nitrogens with zero attached hydrogens (tertiary/aromatic N) is 3. The Hall–Kier alpha value is -1.13. The minimum absolute atomic E-state index is 0. The van der Waals surface area contributed by atoms with Crippen LogP contribution < -0.4 is 15.5 Å². The van der Waals surface area contributed by atoms with Gasteiger partial charge in [0.15, 0.2) is 5.96 Å². The van der Waals surface area contributed by atoms with Crippen molar-refractivity contribution in [2.75, 3.05) is 38.3 Å². The van der Waals surface area contributed by atoms with Gasteiger partial charge in [0.25, 0.3) is 0 Å². The van der Waals surface area contributed by atoms with Gasteiger partial charge >= 0.3 is 0 Å². The molecule has 0 bridgehead atoms. The molecule has 2 saturated carbocycles. The minimum atomic E-state index is 0. The van der Waals surface area contributed by atoms with Crippen LogP contribution in [0.2, 0.25) is 0 Å². The zero-order valence-electron chi connectivity index (χ0n) is 19.8. The van der Waals surface area contributed by atoms with Crippen molar-refractivity contribution in [3.63, 3.8) is 0 Å². The van der Waals surface area contributed by atoms with Gasteiger partial charge in [0, 0.05) is 50.9 Å². The highest BCUT2D eigenvalue weighted by Gasteiger charge is 2.55. The van der Waals surface area contributed by atoms with Gasteiger partial charge < -0.3 is 25.0 Å². The molecule has 8 heteroatoms. The number of morpholine rings is 1. The smallest absolute Gasteiger partial charge is 0.191 e. The van der Waals surface area contributed by atoms with E-state index in [4.69, 9.17) is 9.47 Å². The molecule has 1 saturated heterocycles. The molecule has 1 aromatic heterocycles. The molecule has 3 unspecified atom stereocenters. The summed E-state index contributed by atoms with van der Waals surface area (Å²) in [7, 11) is 1.86. The molecule has 2 heterocycles. The average Bonchev–Trinajstić information content (AvgIpc) is 2.81. The minimum Gasteiger partial charge on any atom is -0.378 e. The lowest BCUT2D eigenvalue weighted by Crippen LogP contribution is -2.66. The van der Waals surface area contributed by atoms with E-state index in [1.807, 2.05) is 13.2 Å². The third-order valence-electron chi connectivity index (χ3n) is 7.31. The van der Waals surface area contributed by atoms with Crippen molar-refractivity contribution in [2.24, 2.45) is 10.4 Å². The van der Waals surface area contributed by atoms with Gasteiger partial charge in [0.1, 0.15) is 5.82 Å². The molecule has 1 aliphatic heterocycles. The standard InChI is InChI=1S/C24H39N5O2.HI/c1-4-30-21-15-20(24(21)9-6-5-7-10-24)28-23(25-3)27-16-19-8-11-26-22(14-19)29-12-13-31-18(2)17-29;/h8,11,14,18,20-21H,4-7,9-10,12-13,15-17H2,1-3H3,(H2,25,27,28);1H. The summed E-state index contributed by atoms with van der Waals surface area (Å²) in [4.78, 5) is 11.4. The van der Waals surface area contributed by atoms with E-state index in [1.54, 1.807) is 0 Å². The Morgan fingerprint density at radius 3 is 2.88 bits per heavy atom. The number of pyridine rings is 1. The van der Waals surface area contributed by atoms with Gasteiger partial charge in [-0.15, -0.1) is 24.0 Å². The number of guanidine groups is 1. The summed E-state index contributed by atoms with van der Waals surface area (Å²) in [6.07, 6.45) is 10.1. The third-order valence-corrected chi connectivity index (χ3v) is 7.31. The summed E-state index contributed by atoms with van der Waals surface area (Å²) in [5.41, 5.74) is 1.49. The number of ether oxygens (including phenoxy) is 2. The number of aliphatic imine (C=N–C) groups is 1. The normalized spacial score (nSPS) is 27.4. The molecule has 0 aromatic carbocycles. The first-order chi connectivity index (χ1) is 15.1. The fourth-order valence-corrected chi connectivity index (χ4v) is 5.58. The molecule has 32 heavy (non-hydrogen) atoms. The largest absolute Gasteiger partial charge is 0.378 e. The van der Waals surface area contributed by atoms with Gasteiger partial charge in [-0.25, -0.2) is 4.98 Å². The lowest BCUT2D eigenvalue weighted by atomic mass is 9.55. The molecule has 180 valence electrons. The Balaban J connectivity index is 0.00000289. The maximum atomic E-state index is 6.10. The molecule has 3 atom stereocenters. The van der Waals surface area contributed by atoms with Crippen molar-refractivity contribution < 1.29 is 9.47 Å². The number of hydrogen-bond acceptors (Lipinski definition) is 5. The van der Waals surface area contributed by atoms with Crippen LogP contribution in [0.3, 0.4) is 0 Å².